The van der Waals surface area contributed by atoms with Gasteiger partial charge in [0, 0.05) is 32.2 Å². The Kier molecular flexibility index (Phi) is 6.73. The maximum absolute atomic E-state index is 12.6. The summed E-state index contributed by atoms with van der Waals surface area (Å²) < 4.78 is 28.5. The van der Waals surface area contributed by atoms with Crippen molar-refractivity contribution in [2.45, 2.75) is 52.5 Å². The van der Waals surface area contributed by atoms with E-state index in [0.717, 1.165) is 25.7 Å². The molecule has 2 unspecified atom stereocenters. The van der Waals surface area contributed by atoms with Gasteiger partial charge >= 0.3 is 0 Å². The summed E-state index contributed by atoms with van der Waals surface area (Å²) in [5.41, 5.74) is 6.05. The van der Waals surface area contributed by atoms with Gasteiger partial charge in [0.2, 0.25) is 0 Å². The zero-order valence-electron chi connectivity index (χ0n) is 12.5. The van der Waals surface area contributed by atoms with Crippen molar-refractivity contribution in [1.82, 2.24) is 8.61 Å². The molecule has 1 rings (SSSR count). The average Bonchev–Trinajstić information content (AvgIpc) is 2.38. The number of hydrogen-bond donors (Lipinski definition) is 1. The van der Waals surface area contributed by atoms with Crippen molar-refractivity contribution in [3.63, 3.8) is 0 Å². The Hall–Kier alpha value is -0.170. The first-order chi connectivity index (χ1) is 8.97. The largest absolute Gasteiger partial charge is 0.327 e. The Bertz CT molecular complexity index is 353. The second-order valence-electron chi connectivity index (χ2n) is 5.39. The van der Waals surface area contributed by atoms with E-state index < -0.39 is 10.2 Å². The lowest BCUT2D eigenvalue weighted by Crippen LogP contribution is -2.53. The fourth-order valence-corrected chi connectivity index (χ4v) is 4.53. The molecule has 1 aliphatic rings. The molecule has 1 heterocycles. The molecule has 2 atom stereocenters. The molecular formula is C13H29N3O2S. The smallest absolute Gasteiger partial charge is 0.281 e. The molecule has 19 heavy (non-hydrogen) atoms. The van der Waals surface area contributed by atoms with Crippen molar-refractivity contribution in [3.8, 4) is 0 Å². The Morgan fingerprint density at radius 2 is 1.79 bits per heavy atom. The van der Waals surface area contributed by atoms with Crippen LogP contribution in [0.1, 0.15) is 46.5 Å². The molecule has 1 saturated heterocycles. The molecule has 0 aromatic heterocycles. The van der Waals surface area contributed by atoms with E-state index in [9.17, 15) is 8.42 Å². The monoisotopic (exact) mass is 291 g/mol. The summed E-state index contributed by atoms with van der Waals surface area (Å²) in [7, 11) is -3.30. The molecule has 2 N–H and O–H groups in total. The van der Waals surface area contributed by atoms with Crippen LogP contribution in [-0.2, 0) is 10.2 Å². The first-order valence-electron chi connectivity index (χ1n) is 7.48. The van der Waals surface area contributed by atoms with Gasteiger partial charge in [0.1, 0.15) is 0 Å². The predicted octanol–water partition coefficient (Wildman–Crippen LogP) is 1.41. The molecule has 1 aliphatic heterocycles. The summed E-state index contributed by atoms with van der Waals surface area (Å²) in [6.45, 7) is 8.45. The van der Waals surface area contributed by atoms with E-state index in [4.69, 9.17) is 5.73 Å². The second kappa shape index (κ2) is 7.57. The third kappa shape index (κ3) is 4.15. The third-order valence-corrected chi connectivity index (χ3v) is 5.88. The van der Waals surface area contributed by atoms with Crippen LogP contribution in [0.3, 0.4) is 0 Å². The molecule has 0 saturated carbocycles. The summed E-state index contributed by atoms with van der Waals surface area (Å²) in [6, 6.07) is 0.141. The van der Waals surface area contributed by atoms with Crippen molar-refractivity contribution < 1.29 is 8.42 Å². The van der Waals surface area contributed by atoms with Crippen molar-refractivity contribution in [2.75, 3.05) is 26.2 Å². The van der Waals surface area contributed by atoms with Gasteiger partial charge in [-0.15, -0.1) is 0 Å². The fraction of sp³-hybridized carbons (Fsp3) is 1.00. The number of hydrogen-bond acceptors (Lipinski definition) is 3. The summed E-state index contributed by atoms with van der Waals surface area (Å²) in [6.07, 6.45) is 3.41. The summed E-state index contributed by atoms with van der Waals surface area (Å²) in [5, 5.41) is 0. The van der Waals surface area contributed by atoms with Crippen LogP contribution in [0.15, 0.2) is 0 Å². The Labute approximate surface area is 118 Å². The Morgan fingerprint density at radius 3 is 2.26 bits per heavy atom. The molecule has 0 radical (unpaired) electrons. The normalized spacial score (nSPS) is 25.9. The summed E-state index contributed by atoms with van der Waals surface area (Å²) in [4.78, 5) is 0. The fourth-order valence-electron chi connectivity index (χ4n) is 2.66. The lowest BCUT2D eigenvalue weighted by molar-refractivity contribution is 0.216. The number of rotatable bonds is 7. The van der Waals surface area contributed by atoms with Crippen LogP contribution in [-0.4, -0.2) is 49.2 Å². The van der Waals surface area contributed by atoms with Gasteiger partial charge in [-0.1, -0.05) is 27.2 Å². The zero-order chi connectivity index (χ0) is 14.5. The van der Waals surface area contributed by atoms with E-state index >= 15 is 0 Å². The highest BCUT2D eigenvalue weighted by Gasteiger charge is 2.35. The van der Waals surface area contributed by atoms with Gasteiger partial charge in [0.05, 0.1) is 0 Å². The SMILES string of the molecule is CCCN(CCC)S(=O)(=O)N1CCC(N)C(CC)C1. The zero-order valence-corrected chi connectivity index (χ0v) is 13.3. The topological polar surface area (TPSA) is 66.6 Å². The summed E-state index contributed by atoms with van der Waals surface area (Å²) >= 11 is 0. The van der Waals surface area contributed by atoms with Crippen molar-refractivity contribution in [1.29, 1.82) is 0 Å². The second-order valence-corrected chi connectivity index (χ2v) is 7.31. The van der Waals surface area contributed by atoms with Crippen molar-refractivity contribution in [3.05, 3.63) is 0 Å². The first-order valence-corrected chi connectivity index (χ1v) is 8.87. The number of nitrogens with two attached hydrogens (primary N) is 1. The third-order valence-electron chi connectivity index (χ3n) is 3.88. The minimum Gasteiger partial charge on any atom is -0.327 e. The van der Waals surface area contributed by atoms with Gasteiger partial charge in [-0.05, 0) is 25.2 Å². The standard InChI is InChI=1S/C13H29N3O2S/c1-4-8-15(9-5-2)19(17,18)16-10-7-13(14)12(6-3)11-16/h12-13H,4-11,14H2,1-3H3. The lowest BCUT2D eigenvalue weighted by Gasteiger charge is -2.38. The molecule has 0 aromatic rings. The Morgan fingerprint density at radius 1 is 1.21 bits per heavy atom. The van der Waals surface area contributed by atoms with Crippen LogP contribution >= 0.6 is 0 Å². The predicted molar refractivity (Wildman–Crippen MR) is 79.0 cm³/mol. The van der Waals surface area contributed by atoms with Crippen molar-refractivity contribution in [2.24, 2.45) is 11.7 Å². The van der Waals surface area contributed by atoms with Crippen LogP contribution in [0.2, 0.25) is 0 Å². The van der Waals surface area contributed by atoms with E-state index in [1.165, 1.54) is 0 Å². The molecule has 6 heteroatoms. The molecule has 0 spiro atoms. The molecule has 0 amide bonds. The maximum atomic E-state index is 12.6. The van der Waals surface area contributed by atoms with E-state index in [2.05, 4.69) is 6.92 Å². The Balaban J connectivity index is 2.80. The molecule has 0 aromatic carbocycles. The number of piperidine rings is 1. The molecule has 0 aliphatic carbocycles. The summed E-state index contributed by atoms with van der Waals surface area (Å²) in [5.74, 6) is 0.286. The maximum Gasteiger partial charge on any atom is 0.281 e. The van der Waals surface area contributed by atoms with Gasteiger partial charge < -0.3 is 5.73 Å². The minimum atomic E-state index is -3.30. The van der Waals surface area contributed by atoms with E-state index in [0.29, 0.717) is 26.2 Å². The van der Waals surface area contributed by atoms with E-state index in [-0.39, 0.29) is 12.0 Å². The highest BCUT2D eigenvalue weighted by atomic mass is 32.2. The molecule has 114 valence electrons. The van der Waals surface area contributed by atoms with Crippen LogP contribution < -0.4 is 5.73 Å². The van der Waals surface area contributed by atoms with E-state index in [1.807, 2.05) is 13.8 Å². The van der Waals surface area contributed by atoms with Gasteiger partial charge in [-0.3, -0.25) is 0 Å². The number of nitrogens with zero attached hydrogens (tertiary/aromatic N) is 2. The van der Waals surface area contributed by atoms with E-state index in [1.54, 1.807) is 8.61 Å². The molecule has 5 nitrogen and oxygen atoms in total. The van der Waals surface area contributed by atoms with Gasteiger partial charge in [-0.25, -0.2) is 0 Å². The quantitative estimate of drug-likeness (QED) is 0.771. The van der Waals surface area contributed by atoms with Gasteiger partial charge in [0.15, 0.2) is 0 Å². The minimum absolute atomic E-state index is 0.141. The molecule has 0 bridgehead atoms. The van der Waals surface area contributed by atoms with Crippen molar-refractivity contribution >= 4 is 10.2 Å². The highest BCUT2D eigenvalue weighted by molar-refractivity contribution is 7.86. The van der Waals surface area contributed by atoms with Crippen LogP contribution in [0.5, 0.6) is 0 Å². The first kappa shape index (κ1) is 16.9. The average molecular weight is 291 g/mol. The van der Waals surface area contributed by atoms with Crippen LogP contribution in [0.25, 0.3) is 0 Å². The molecular weight excluding hydrogens is 262 g/mol. The highest BCUT2D eigenvalue weighted by Crippen LogP contribution is 2.22. The van der Waals surface area contributed by atoms with Crippen LogP contribution in [0, 0.1) is 5.92 Å². The lowest BCUT2D eigenvalue weighted by atomic mass is 9.92. The van der Waals surface area contributed by atoms with Gasteiger partial charge in [0.25, 0.3) is 10.2 Å². The van der Waals surface area contributed by atoms with Crippen LogP contribution in [0.4, 0.5) is 0 Å². The molecule has 1 fully saturated rings. The van der Waals surface area contributed by atoms with Gasteiger partial charge in [-0.2, -0.15) is 17.0 Å².